The molecule has 0 heterocycles. The summed E-state index contributed by atoms with van der Waals surface area (Å²) in [6, 6.07) is 22.7. The molecule has 0 aliphatic carbocycles. The summed E-state index contributed by atoms with van der Waals surface area (Å²) in [5, 5.41) is 31.4. The van der Waals surface area contributed by atoms with Crippen LogP contribution in [-0.2, 0) is 19.5 Å². The van der Waals surface area contributed by atoms with Crippen LogP contribution in [0.15, 0.2) is 95.1 Å². The first-order valence-electron chi connectivity index (χ1n) is 11.2. The van der Waals surface area contributed by atoms with Gasteiger partial charge < -0.3 is 10.2 Å². The molecule has 0 fully saturated rings. The van der Waals surface area contributed by atoms with E-state index in [1.807, 2.05) is 0 Å². The van der Waals surface area contributed by atoms with Crippen LogP contribution in [0, 0.1) is 0 Å². The maximum absolute atomic E-state index is 11.7. The maximum atomic E-state index is 11.7. The molecule has 0 saturated heterocycles. The molecule has 8 nitrogen and oxygen atoms in total. The third kappa shape index (κ3) is 10.5. The molecule has 2 amide bonds. The Labute approximate surface area is 268 Å². The summed E-state index contributed by atoms with van der Waals surface area (Å²) in [4.78, 5) is 23.4. The van der Waals surface area contributed by atoms with E-state index in [1.165, 1.54) is 36.7 Å². The molecule has 0 aliphatic heterocycles. The quantitative estimate of drug-likeness (QED) is 0.155. The Kier molecular flexibility index (Phi) is 13.8. The first-order valence-corrected chi connectivity index (χ1v) is 12.8. The molecular formula is C28H18Cl4N4O4Zn. The molecular weight excluding hydrogens is 664 g/mol. The van der Waals surface area contributed by atoms with E-state index in [0.29, 0.717) is 21.2 Å². The minimum Gasteiger partial charge on any atom is -0.871 e. The van der Waals surface area contributed by atoms with Crippen molar-refractivity contribution in [2.45, 2.75) is 0 Å². The molecule has 0 radical (unpaired) electrons. The van der Waals surface area contributed by atoms with Crippen LogP contribution in [0.25, 0.3) is 0 Å². The van der Waals surface area contributed by atoms with Crippen molar-refractivity contribution in [1.29, 1.82) is 0 Å². The molecule has 0 spiro atoms. The minimum absolute atomic E-state index is 0. The molecule has 2 N–H and O–H groups in total. The predicted molar refractivity (Wildman–Crippen MR) is 155 cm³/mol. The summed E-state index contributed by atoms with van der Waals surface area (Å²) in [5.74, 6) is -1.53. The fraction of sp³-hybridized carbons (Fsp3) is 0. The first kappa shape index (κ1) is 33.7. The predicted octanol–water partition coefficient (Wildman–Crippen LogP) is 5.66. The average Bonchev–Trinajstić information content (AvgIpc) is 2.95. The van der Waals surface area contributed by atoms with Gasteiger partial charge >= 0.3 is 19.5 Å². The van der Waals surface area contributed by atoms with Crippen LogP contribution >= 0.6 is 46.4 Å². The molecule has 4 aromatic carbocycles. The van der Waals surface area contributed by atoms with Crippen LogP contribution in [0.5, 0.6) is 11.5 Å². The van der Waals surface area contributed by atoms with Crippen molar-refractivity contribution < 1.29 is 39.3 Å². The topological polar surface area (TPSA) is 129 Å². The van der Waals surface area contributed by atoms with Crippen LogP contribution in [0.1, 0.15) is 31.8 Å². The average molecular weight is 682 g/mol. The molecule has 4 aromatic rings. The van der Waals surface area contributed by atoms with Gasteiger partial charge in [-0.15, -0.1) is 0 Å². The van der Waals surface area contributed by atoms with Crippen LogP contribution in [0.3, 0.4) is 0 Å². The van der Waals surface area contributed by atoms with E-state index < -0.39 is 11.5 Å². The molecule has 0 saturated carbocycles. The van der Waals surface area contributed by atoms with Crippen molar-refractivity contribution >= 4 is 70.6 Å². The van der Waals surface area contributed by atoms with Gasteiger partial charge in [-0.2, -0.15) is 10.2 Å². The van der Waals surface area contributed by atoms with E-state index in [9.17, 15) is 19.8 Å². The van der Waals surface area contributed by atoms with Crippen LogP contribution in [-0.4, -0.2) is 24.2 Å². The van der Waals surface area contributed by atoms with Gasteiger partial charge in [-0.25, -0.2) is 10.9 Å². The van der Waals surface area contributed by atoms with E-state index in [-0.39, 0.29) is 52.5 Å². The van der Waals surface area contributed by atoms with Gasteiger partial charge in [0.2, 0.25) is 0 Å². The number of halogens is 4. The zero-order chi connectivity index (χ0) is 29.1. The van der Waals surface area contributed by atoms with Crippen LogP contribution < -0.4 is 21.1 Å². The number of hydrazone groups is 2. The van der Waals surface area contributed by atoms with Gasteiger partial charge in [0.15, 0.2) is 0 Å². The second-order valence-corrected chi connectivity index (χ2v) is 9.43. The van der Waals surface area contributed by atoms with E-state index >= 15 is 0 Å². The second-order valence-electron chi connectivity index (χ2n) is 7.74. The third-order valence-corrected chi connectivity index (χ3v) is 5.88. The van der Waals surface area contributed by atoms with Crippen molar-refractivity contribution in [3.8, 4) is 11.5 Å². The Morgan fingerprint density at radius 3 is 1.29 bits per heavy atom. The van der Waals surface area contributed by atoms with Crippen molar-refractivity contribution in [2.75, 3.05) is 0 Å². The Morgan fingerprint density at radius 1 is 0.610 bits per heavy atom. The van der Waals surface area contributed by atoms with Crippen molar-refractivity contribution in [3.63, 3.8) is 0 Å². The zero-order valence-corrected chi connectivity index (χ0v) is 27.0. The first-order chi connectivity index (χ1) is 19.2. The fourth-order valence-corrected chi connectivity index (χ4v) is 4.00. The van der Waals surface area contributed by atoms with E-state index in [2.05, 4.69) is 21.1 Å². The van der Waals surface area contributed by atoms with E-state index in [0.717, 1.165) is 0 Å². The second kappa shape index (κ2) is 16.7. The van der Waals surface area contributed by atoms with Gasteiger partial charge in [0, 0.05) is 31.2 Å². The van der Waals surface area contributed by atoms with E-state index in [4.69, 9.17) is 46.4 Å². The van der Waals surface area contributed by atoms with Gasteiger partial charge in [-0.3, -0.25) is 9.59 Å². The Balaban J connectivity index is 0.000000280. The standard InChI is InChI=1S/2C14H10Cl2N2O2.Zn/c2*15-11-6-10(13(19)12(16)7-11)8-17-18-14(20)9-4-2-1-3-5-9;/h2*1-8,19H,(H,18,20);/q;;+2/p-2/b2*17-8+;. The third-order valence-electron chi connectivity index (χ3n) is 4.89. The summed E-state index contributed by atoms with van der Waals surface area (Å²) in [6.45, 7) is 0. The minimum atomic E-state index is -0.395. The maximum Gasteiger partial charge on any atom is 2.00 e. The molecule has 0 atom stereocenters. The number of carbonyl (C=O) groups is 2. The molecule has 0 bridgehead atoms. The number of benzene rings is 4. The number of hydrogen-bond donors (Lipinski definition) is 2. The van der Waals surface area contributed by atoms with Crippen molar-refractivity contribution in [1.82, 2.24) is 10.9 Å². The summed E-state index contributed by atoms with van der Waals surface area (Å²) in [6.07, 6.45) is 2.42. The van der Waals surface area contributed by atoms with E-state index in [1.54, 1.807) is 60.7 Å². The fourth-order valence-electron chi connectivity index (χ4n) is 2.98. The smallest absolute Gasteiger partial charge is 0.871 e. The SMILES string of the molecule is O=C(N/N=C/c1cc(Cl)cc(Cl)c1[O-])c1ccccc1.O=C(N/N=C/c1cc(Cl)cc(Cl)c1[O-])c1ccccc1.[Zn+2]. The normalized spacial score (nSPS) is 10.4. The number of nitrogens with zero attached hydrogens (tertiary/aromatic N) is 2. The number of carbonyl (C=O) groups excluding carboxylic acids is 2. The number of nitrogens with one attached hydrogen (secondary N) is 2. The molecule has 0 unspecified atom stereocenters. The summed E-state index contributed by atoms with van der Waals surface area (Å²) in [7, 11) is 0. The molecule has 41 heavy (non-hydrogen) atoms. The summed E-state index contributed by atoms with van der Waals surface area (Å²) in [5.41, 5.74) is 5.98. The Hall–Kier alpha value is -3.46. The van der Waals surface area contributed by atoms with Gasteiger partial charge in [0.25, 0.3) is 11.8 Å². The van der Waals surface area contributed by atoms with Gasteiger partial charge in [0.05, 0.1) is 12.4 Å². The number of hydrogen-bond acceptors (Lipinski definition) is 6. The van der Waals surface area contributed by atoms with Crippen molar-refractivity contribution in [3.05, 3.63) is 127 Å². The molecule has 0 aliphatic rings. The van der Waals surface area contributed by atoms with Crippen LogP contribution in [0.2, 0.25) is 20.1 Å². The zero-order valence-electron chi connectivity index (χ0n) is 21.0. The van der Waals surface area contributed by atoms with Gasteiger partial charge in [-0.05, 0) is 59.7 Å². The molecule has 4 rings (SSSR count). The molecule has 204 valence electrons. The molecule has 0 aromatic heterocycles. The van der Waals surface area contributed by atoms with Gasteiger partial charge in [-0.1, -0.05) is 94.3 Å². The Morgan fingerprint density at radius 2 is 0.951 bits per heavy atom. The summed E-state index contributed by atoms with van der Waals surface area (Å²) < 4.78 is 0. The Bertz CT molecular complexity index is 1440. The number of amides is 2. The van der Waals surface area contributed by atoms with Crippen LogP contribution in [0.4, 0.5) is 0 Å². The van der Waals surface area contributed by atoms with Crippen molar-refractivity contribution in [2.24, 2.45) is 10.2 Å². The van der Waals surface area contributed by atoms with Gasteiger partial charge in [0.1, 0.15) is 0 Å². The summed E-state index contributed by atoms with van der Waals surface area (Å²) >= 11 is 23.0. The molecule has 13 heteroatoms. The monoisotopic (exact) mass is 678 g/mol. The largest absolute Gasteiger partial charge is 2.00 e. The number of rotatable bonds is 6.